The van der Waals surface area contributed by atoms with Crippen molar-refractivity contribution in [1.82, 2.24) is 4.90 Å². The fourth-order valence-electron chi connectivity index (χ4n) is 2.73. The molecule has 0 N–H and O–H groups in total. The molecule has 0 unspecified atom stereocenters. The van der Waals surface area contributed by atoms with E-state index in [-0.39, 0.29) is 25.3 Å². The second-order valence-electron chi connectivity index (χ2n) is 5.67. The van der Waals surface area contributed by atoms with Crippen LogP contribution in [0.5, 0.6) is 5.75 Å². The van der Waals surface area contributed by atoms with E-state index in [1.54, 1.807) is 30.3 Å². The third-order valence-electron chi connectivity index (χ3n) is 4.02. The zero-order valence-electron chi connectivity index (χ0n) is 14.0. The lowest BCUT2D eigenvalue weighted by atomic mass is 10.1. The SMILES string of the molecule is COc1ccc(CC(=O)OCCN2C(=O)c3ccccc3C2=O)cc1F. The minimum Gasteiger partial charge on any atom is -0.494 e. The maximum Gasteiger partial charge on any atom is 0.310 e. The first kappa shape index (κ1) is 17.6. The van der Waals surface area contributed by atoms with E-state index in [1.807, 2.05) is 0 Å². The van der Waals surface area contributed by atoms with Crippen molar-refractivity contribution in [3.05, 3.63) is 65.0 Å². The van der Waals surface area contributed by atoms with Crippen molar-refractivity contribution in [2.24, 2.45) is 0 Å². The molecule has 1 aliphatic rings. The number of rotatable bonds is 6. The molecule has 7 heteroatoms. The molecule has 2 aromatic carbocycles. The molecule has 0 atom stereocenters. The normalized spacial score (nSPS) is 12.9. The molecular weight excluding hydrogens is 341 g/mol. The van der Waals surface area contributed by atoms with Crippen molar-refractivity contribution in [1.29, 1.82) is 0 Å². The fourth-order valence-corrected chi connectivity index (χ4v) is 2.73. The first-order valence-corrected chi connectivity index (χ1v) is 7.94. The van der Waals surface area contributed by atoms with Crippen LogP contribution in [-0.2, 0) is 16.0 Å². The molecule has 0 bridgehead atoms. The minimum atomic E-state index is -0.578. The van der Waals surface area contributed by atoms with Gasteiger partial charge in [-0.3, -0.25) is 19.3 Å². The maximum absolute atomic E-state index is 13.6. The summed E-state index contributed by atoms with van der Waals surface area (Å²) in [6.07, 6.45) is -0.122. The molecule has 26 heavy (non-hydrogen) atoms. The predicted molar refractivity (Wildman–Crippen MR) is 89.4 cm³/mol. The standard InChI is InChI=1S/C19H16FNO5/c1-25-16-7-6-12(10-15(16)20)11-17(22)26-9-8-21-18(23)13-4-2-3-5-14(13)19(21)24/h2-7,10H,8-9,11H2,1H3. The molecule has 0 aromatic heterocycles. The van der Waals surface area contributed by atoms with E-state index >= 15 is 0 Å². The van der Waals surface area contributed by atoms with Crippen LogP contribution >= 0.6 is 0 Å². The van der Waals surface area contributed by atoms with Gasteiger partial charge in [0.1, 0.15) is 6.61 Å². The van der Waals surface area contributed by atoms with Crippen LogP contribution in [-0.4, -0.2) is 42.9 Å². The summed E-state index contributed by atoms with van der Waals surface area (Å²) in [5.74, 6) is -1.86. The van der Waals surface area contributed by atoms with Crippen LogP contribution in [0.3, 0.4) is 0 Å². The van der Waals surface area contributed by atoms with E-state index in [0.717, 1.165) is 4.90 Å². The lowest BCUT2D eigenvalue weighted by Gasteiger charge is -2.13. The predicted octanol–water partition coefficient (Wildman–Crippen LogP) is 2.22. The first-order chi connectivity index (χ1) is 12.5. The molecular formula is C19H16FNO5. The molecule has 2 amide bonds. The van der Waals surface area contributed by atoms with Crippen molar-refractivity contribution in [2.45, 2.75) is 6.42 Å². The smallest absolute Gasteiger partial charge is 0.310 e. The molecule has 134 valence electrons. The van der Waals surface area contributed by atoms with Gasteiger partial charge in [0, 0.05) is 0 Å². The number of carbonyl (C=O) groups is 3. The Bertz CT molecular complexity index is 845. The van der Waals surface area contributed by atoms with Gasteiger partial charge >= 0.3 is 5.97 Å². The van der Waals surface area contributed by atoms with Gasteiger partial charge < -0.3 is 9.47 Å². The van der Waals surface area contributed by atoms with E-state index in [9.17, 15) is 18.8 Å². The number of amides is 2. The lowest BCUT2D eigenvalue weighted by Crippen LogP contribution is -2.33. The fraction of sp³-hybridized carbons (Fsp3) is 0.211. The number of hydrogen-bond acceptors (Lipinski definition) is 5. The van der Waals surface area contributed by atoms with Crippen LogP contribution in [0.4, 0.5) is 4.39 Å². The van der Waals surface area contributed by atoms with Gasteiger partial charge in [-0.25, -0.2) is 4.39 Å². The Hall–Kier alpha value is -3.22. The summed E-state index contributed by atoms with van der Waals surface area (Å²) in [5.41, 5.74) is 1.13. The van der Waals surface area contributed by atoms with Crippen molar-refractivity contribution in [3.8, 4) is 5.75 Å². The largest absolute Gasteiger partial charge is 0.494 e. The van der Waals surface area contributed by atoms with Gasteiger partial charge in [0.2, 0.25) is 0 Å². The Morgan fingerprint density at radius 3 is 2.31 bits per heavy atom. The average Bonchev–Trinajstić information content (AvgIpc) is 2.87. The highest BCUT2D eigenvalue weighted by Gasteiger charge is 2.34. The Labute approximate surface area is 149 Å². The second-order valence-corrected chi connectivity index (χ2v) is 5.67. The van der Waals surface area contributed by atoms with Crippen LogP contribution in [0.2, 0.25) is 0 Å². The maximum atomic E-state index is 13.6. The van der Waals surface area contributed by atoms with Crippen molar-refractivity contribution < 1.29 is 28.2 Å². The molecule has 0 saturated heterocycles. The van der Waals surface area contributed by atoms with Gasteiger partial charge in [-0.2, -0.15) is 0 Å². The lowest BCUT2D eigenvalue weighted by molar-refractivity contribution is -0.143. The summed E-state index contributed by atoms with van der Waals surface area (Å²) in [6.45, 7) is -0.155. The highest BCUT2D eigenvalue weighted by molar-refractivity contribution is 6.21. The van der Waals surface area contributed by atoms with Gasteiger partial charge in [0.05, 0.1) is 31.2 Å². The Morgan fingerprint density at radius 2 is 1.73 bits per heavy atom. The van der Waals surface area contributed by atoms with Crippen molar-refractivity contribution in [2.75, 3.05) is 20.3 Å². The van der Waals surface area contributed by atoms with E-state index in [2.05, 4.69) is 0 Å². The third-order valence-corrected chi connectivity index (χ3v) is 4.02. The number of hydrogen-bond donors (Lipinski definition) is 0. The monoisotopic (exact) mass is 357 g/mol. The highest BCUT2D eigenvalue weighted by Crippen LogP contribution is 2.22. The zero-order valence-corrected chi connectivity index (χ0v) is 14.0. The van der Waals surface area contributed by atoms with Crippen LogP contribution in [0.15, 0.2) is 42.5 Å². The molecule has 3 rings (SSSR count). The number of ether oxygens (including phenoxy) is 2. The molecule has 1 aliphatic heterocycles. The molecule has 0 spiro atoms. The Morgan fingerprint density at radius 1 is 1.08 bits per heavy atom. The third kappa shape index (κ3) is 3.42. The molecule has 2 aromatic rings. The van der Waals surface area contributed by atoms with Gasteiger partial charge in [0.25, 0.3) is 11.8 Å². The minimum absolute atomic E-state index is 0.0327. The van der Waals surface area contributed by atoms with Gasteiger partial charge in [0.15, 0.2) is 11.6 Å². The number of halogens is 1. The number of esters is 1. The Kier molecular flexibility index (Phi) is 4.97. The Balaban J connectivity index is 1.52. The first-order valence-electron chi connectivity index (χ1n) is 7.94. The number of benzene rings is 2. The molecule has 0 radical (unpaired) electrons. The summed E-state index contributed by atoms with van der Waals surface area (Å²) in [7, 11) is 1.35. The average molecular weight is 357 g/mol. The van der Waals surface area contributed by atoms with Gasteiger partial charge in [-0.15, -0.1) is 0 Å². The van der Waals surface area contributed by atoms with E-state index < -0.39 is 23.6 Å². The van der Waals surface area contributed by atoms with Crippen LogP contribution in [0.25, 0.3) is 0 Å². The summed E-state index contributed by atoms with van der Waals surface area (Å²) in [4.78, 5) is 37.3. The van der Waals surface area contributed by atoms with Crippen molar-refractivity contribution >= 4 is 17.8 Å². The molecule has 6 nitrogen and oxygen atoms in total. The number of imide groups is 1. The van der Waals surface area contributed by atoms with E-state index in [1.165, 1.54) is 19.2 Å². The van der Waals surface area contributed by atoms with E-state index in [0.29, 0.717) is 16.7 Å². The summed E-state index contributed by atoms with van der Waals surface area (Å²) >= 11 is 0. The van der Waals surface area contributed by atoms with Crippen LogP contribution in [0, 0.1) is 5.82 Å². The second kappa shape index (κ2) is 7.35. The van der Waals surface area contributed by atoms with Gasteiger partial charge in [-0.1, -0.05) is 18.2 Å². The highest BCUT2D eigenvalue weighted by atomic mass is 19.1. The summed E-state index contributed by atoms with van der Waals surface area (Å²) < 4.78 is 23.5. The number of methoxy groups -OCH3 is 1. The topological polar surface area (TPSA) is 72.9 Å². The van der Waals surface area contributed by atoms with Crippen molar-refractivity contribution in [3.63, 3.8) is 0 Å². The number of carbonyl (C=O) groups excluding carboxylic acids is 3. The number of nitrogens with zero attached hydrogens (tertiary/aromatic N) is 1. The van der Waals surface area contributed by atoms with Gasteiger partial charge in [-0.05, 0) is 29.8 Å². The molecule has 1 heterocycles. The number of fused-ring (bicyclic) bond motifs is 1. The van der Waals surface area contributed by atoms with Crippen LogP contribution < -0.4 is 4.74 Å². The van der Waals surface area contributed by atoms with E-state index in [4.69, 9.17) is 9.47 Å². The van der Waals surface area contributed by atoms with Crippen LogP contribution in [0.1, 0.15) is 26.3 Å². The summed E-state index contributed by atoms with van der Waals surface area (Å²) in [6, 6.07) is 10.7. The molecule has 0 fully saturated rings. The zero-order chi connectivity index (χ0) is 18.7. The molecule has 0 saturated carbocycles. The quantitative estimate of drug-likeness (QED) is 0.585. The summed E-state index contributed by atoms with van der Waals surface area (Å²) in [5, 5.41) is 0. The molecule has 0 aliphatic carbocycles.